The van der Waals surface area contributed by atoms with E-state index in [0.29, 0.717) is 56.1 Å². The van der Waals surface area contributed by atoms with Crippen molar-refractivity contribution in [3.63, 3.8) is 0 Å². The Kier molecular flexibility index (Phi) is 5.93. The molecule has 1 aromatic heterocycles. The van der Waals surface area contributed by atoms with Gasteiger partial charge < -0.3 is 29.0 Å². The van der Waals surface area contributed by atoms with Gasteiger partial charge in [-0.15, -0.1) is 0 Å². The monoisotopic (exact) mass is 453 g/mol. The van der Waals surface area contributed by atoms with Crippen molar-refractivity contribution in [2.45, 2.75) is 38.1 Å². The molecule has 2 saturated heterocycles. The summed E-state index contributed by atoms with van der Waals surface area (Å²) in [5.74, 6) is 1.03. The number of carbonyl (C=O) groups is 3. The molecule has 0 saturated carbocycles. The summed E-state index contributed by atoms with van der Waals surface area (Å²) >= 11 is 0. The number of hydrogen-bond donors (Lipinski definition) is 1. The number of fused-ring (bicyclic) bond motifs is 1. The van der Waals surface area contributed by atoms with Crippen LogP contribution in [0, 0.1) is 5.92 Å². The molecule has 0 radical (unpaired) electrons. The van der Waals surface area contributed by atoms with E-state index in [0.717, 1.165) is 12.8 Å². The Bertz CT molecular complexity index is 1030. The van der Waals surface area contributed by atoms with Crippen LogP contribution in [0.2, 0.25) is 0 Å². The molecule has 33 heavy (non-hydrogen) atoms. The van der Waals surface area contributed by atoms with Gasteiger partial charge in [0.25, 0.3) is 5.91 Å². The third kappa shape index (κ3) is 4.40. The molecule has 9 heteroatoms. The molecule has 1 N–H and O–H groups in total. The number of furan rings is 1. The van der Waals surface area contributed by atoms with E-state index in [9.17, 15) is 14.4 Å². The second kappa shape index (κ2) is 9.17. The molecule has 174 valence electrons. The lowest BCUT2D eigenvalue weighted by Crippen LogP contribution is -2.54. The average Bonchev–Trinajstić information content (AvgIpc) is 3.55. The molecule has 9 nitrogen and oxygen atoms in total. The number of amides is 3. The maximum absolute atomic E-state index is 13.3. The van der Waals surface area contributed by atoms with Crippen LogP contribution in [0.15, 0.2) is 41.0 Å². The largest absolute Gasteiger partial charge is 0.459 e. The zero-order valence-corrected chi connectivity index (χ0v) is 18.3. The molecule has 2 aromatic rings. The molecule has 0 aliphatic carbocycles. The first-order chi connectivity index (χ1) is 16.1. The number of carbonyl (C=O) groups excluding carboxylic acids is 3. The maximum Gasteiger partial charge on any atom is 0.290 e. The molecule has 1 unspecified atom stereocenters. The fourth-order valence-corrected chi connectivity index (χ4v) is 4.76. The number of nitrogens with one attached hydrogen (secondary N) is 1. The minimum Gasteiger partial charge on any atom is -0.459 e. The number of benzene rings is 1. The topological polar surface area (TPSA) is 101 Å². The van der Waals surface area contributed by atoms with E-state index in [1.54, 1.807) is 40.1 Å². The zero-order valence-electron chi connectivity index (χ0n) is 18.3. The minimum absolute atomic E-state index is 0.0377. The van der Waals surface area contributed by atoms with Crippen LogP contribution in [0.4, 0.5) is 5.69 Å². The second-order valence-corrected chi connectivity index (χ2v) is 8.64. The van der Waals surface area contributed by atoms with Crippen molar-refractivity contribution in [2.75, 3.05) is 31.7 Å². The quantitative estimate of drug-likeness (QED) is 0.764. The van der Waals surface area contributed by atoms with Gasteiger partial charge in [0, 0.05) is 37.3 Å². The Morgan fingerprint density at radius 2 is 1.76 bits per heavy atom. The predicted octanol–water partition coefficient (Wildman–Crippen LogP) is 2.88. The number of likely N-dealkylation sites (tertiary alicyclic amines) is 2. The average molecular weight is 453 g/mol. The van der Waals surface area contributed by atoms with Crippen LogP contribution in [0.25, 0.3) is 0 Å². The summed E-state index contributed by atoms with van der Waals surface area (Å²) in [6.45, 7) is 1.73. The van der Waals surface area contributed by atoms with Crippen molar-refractivity contribution in [1.82, 2.24) is 9.80 Å². The summed E-state index contributed by atoms with van der Waals surface area (Å²) in [6.07, 6.45) is 5.07. The number of anilines is 1. The molecule has 4 heterocycles. The molecule has 3 aliphatic heterocycles. The lowest BCUT2D eigenvalue weighted by molar-refractivity contribution is -0.140. The van der Waals surface area contributed by atoms with Gasteiger partial charge in [-0.25, -0.2) is 0 Å². The van der Waals surface area contributed by atoms with Crippen LogP contribution in [0.1, 0.15) is 42.7 Å². The molecule has 0 spiro atoms. The van der Waals surface area contributed by atoms with E-state index in [1.165, 1.54) is 6.26 Å². The number of piperidine rings is 2. The Morgan fingerprint density at radius 1 is 0.939 bits per heavy atom. The second-order valence-electron chi connectivity index (χ2n) is 8.64. The normalized spacial score (nSPS) is 20.5. The summed E-state index contributed by atoms with van der Waals surface area (Å²) in [4.78, 5) is 42.3. The highest BCUT2D eigenvalue weighted by molar-refractivity contribution is 5.96. The van der Waals surface area contributed by atoms with E-state index in [-0.39, 0.29) is 36.2 Å². The van der Waals surface area contributed by atoms with Gasteiger partial charge in [0.05, 0.1) is 6.26 Å². The van der Waals surface area contributed by atoms with Crippen LogP contribution in [0.3, 0.4) is 0 Å². The Morgan fingerprint density at radius 3 is 2.55 bits per heavy atom. The van der Waals surface area contributed by atoms with Crippen LogP contribution < -0.4 is 14.8 Å². The first-order valence-electron chi connectivity index (χ1n) is 11.4. The highest BCUT2D eigenvalue weighted by Crippen LogP contribution is 2.34. The first kappa shape index (κ1) is 21.4. The van der Waals surface area contributed by atoms with E-state index in [4.69, 9.17) is 13.9 Å². The van der Waals surface area contributed by atoms with E-state index < -0.39 is 6.04 Å². The van der Waals surface area contributed by atoms with Gasteiger partial charge in [-0.1, -0.05) is 0 Å². The molecule has 1 aromatic carbocycles. The van der Waals surface area contributed by atoms with Crippen LogP contribution in [-0.2, 0) is 9.59 Å². The maximum atomic E-state index is 13.3. The standard InChI is InChI=1S/C24H27N3O6/c28-22(25-17-6-7-19-21(14-17)33-15-32-19)16-8-11-26(12-9-16)23(29)18-4-1-2-10-27(18)24(30)20-5-3-13-31-20/h3,5-7,13-14,16,18H,1-2,4,8-12,15H2,(H,25,28). The Hall–Kier alpha value is -3.49. The van der Waals surface area contributed by atoms with Gasteiger partial charge in [0.1, 0.15) is 6.04 Å². The minimum atomic E-state index is -0.477. The predicted molar refractivity (Wildman–Crippen MR) is 118 cm³/mol. The molecule has 0 bridgehead atoms. The smallest absolute Gasteiger partial charge is 0.290 e. The number of nitrogens with zero attached hydrogens (tertiary/aromatic N) is 2. The molecular weight excluding hydrogens is 426 g/mol. The van der Waals surface area contributed by atoms with Gasteiger partial charge in [0.15, 0.2) is 17.3 Å². The van der Waals surface area contributed by atoms with Gasteiger partial charge in [-0.05, 0) is 56.4 Å². The fourth-order valence-electron chi connectivity index (χ4n) is 4.76. The van der Waals surface area contributed by atoms with Gasteiger partial charge in [0.2, 0.25) is 18.6 Å². The van der Waals surface area contributed by atoms with Crippen molar-refractivity contribution >= 4 is 23.4 Å². The molecule has 3 amide bonds. The Balaban J connectivity index is 1.17. The molecule has 3 aliphatic rings. The summed E-state index contributed by atoms with van der Waals surface area (Å²) < 4.78 is 15.9. The number of ether oxygens (including phenoxy) is 2. The fraction of sp³-hybridized carbons (Fsp3) is 0.458. The highest BCUT2D eigenvalue weighted by atomic mass is 16.7. The van der Waals surface area contributed by atoms with Crippen molar-refractivity contribution in [3.05, 3.63) is 42.4 Å². The summed E-state index contributed by atoms with van der Waals surface area (Å²) in [7, 11) is 0. The van der Waals surface area contributed by atoms with Crippen LogP contribution in [0.5, 0.6) is 11.5 Å². The highest BCUT2D eigenvalue weighted by Gasteiger charge is 2.37. The van der Waals surface area contributed by atoms with Gasteiger partial charge in [-0.3, -0.25) is 14.4 Å². The van der Waals surface area contributed by atoms with Crippen molar-refractivity contribution in [1.29, 1.82) is 0 Å². The van der Waals surface area contributed by atoms with Gasteiger partial charge in [-0.2, -0.15) is 0 Å². The number of rotatable bonds is 4. The molecule has 1 atom stereocenters. The molecule has 5 rings (SSSR count). The van der Waals surface area contributed by atoms with E-state index in [2.05, 4.69) is 5.32 Å². The van der Waals surface area contributed by atoms with E-state index >= 15 is 0 Å². The first-order valence-corrected chi connectivity index (χ1v) is 11.4. The van der Waals surface area contributed by atoms with Crippen molar-refractivity contribution in [2.24, 2.45) is 5.92 Å². The van der Waals surface area contributed by atoms with Crippen LogP contribution in [-0.4, -0.2) is 60.0 Å². The zero-order chi connectivity index (χ0) is 22.8. The van der Waals surface area contributed by atoms with Crippen molar-refractivity contribution in [3.8, 4) is 11.5 Å². The molecular formula is C24H27N3O6. The SMILES string of the molecule is O=C(Nc1ccc2c(c1)OCO2)C1CCN(C(=O)C2CCCCN2C(=O)c2ccco2)CC1. The summed E-state index contributed by atoms with van der Waals surface area (Å²) in [6, 6.07) is 8.15. The number of hydrogen-bond acceptors (Lipinski definition) is 6. The lowest BCUT2D eigenvalue weighted by atomic mass is 9.94. The lowest BCUT2D eigenvalue weighted by Gasteiger charge is -2.39. The van der Waals surface area contributed by atoms with Crippen LogP contribution >= 0.6 is 0 Å². The Labute approximate surface area is 191 Å². The van der Waals surface area contributed by atoms with Crippen molar-refractivity contribution < 1.29 is 28.3 Å². The third-order valence-corrected chi connectivity index (χ3v) is 6.60. The third-order valence-electron chi connectivity index (χ3n) is 6.60. The summed E-state index contributed by atoms with van der Waals surface area (Å²) in [5, 5.41) is 2.95. The summed E-state index contributed by atoms with van der Waals surface area (Å²) in [5.41, 5.74) is 0.664. The van der Waals surface area contributed by atoms with E-state index in [1.807, 2.05) is 0 Å². The molecule has 2 fully saturated rings. The van der Waals surface area contributed by atoms with Gasteiger partial charge >= 0.3 is 0 Å².